The van der Waals surface area contributed by atoms with Gasteiger partial charge in [0, 0.05) is 5.92 Å². The lowest BCUT2D eigenvalue weighted by molar-refractivity contribution is 0.250. The van der Waals surface area contributed by atoms with Crippen LogP contribution in [0.4, 0.5) is 0 Å². The maximum atomic E-state index is 9.15. The number of hydrogen-bond donors (Lipinski definition) is 1. The third-order valence-corrected chi connectivity index (χ3v) is 2.79. The van der Waals surface area contributed by atoms with Crippen LogP contribution in [0.25, 0.3) is 0 Å². The first kappa shape index (κ1) is 8.97. The predicted octanol–water partition coefficient (Wildman–Crippen LogP) is 2.15. The molecule has 3 heteroatoms. The Balaban J connectivity index is 2.41. The van der Waals surface area contributed by atoms with Gasteiger partial charge >= 0.3 is 0 Å². The Hall–Kier alpha value is -0.600. The number of pyridine rings is 1. The quantitative estimate of drug-likeness (QED) is 0.700. The molecule has 0 unspecified atom stereocenters. The molecule has 70 valence electrons. The van der Waals surface area contributed by atoms with Crippen molar-refractivity contribution in [3.8, 4) is 0 Å². The minimum atomic E-state index is 0.181. The van der Waals surface area contributed by atoms with Crippen LogP contribution in [0.3, 0.4) is 0 Å². The van der Waals surface area contributed by atoms with Crippen LogP contribution in [0.15, 0.2) is 12.1 Å². The number of halogens is 1. The number of hydrogen-bond acceptors (Lipinski definition) is 2. The van der Waals surface area contributed by atoms with Crippen molar-refractivity contribution < 1.29 is 5.11 Å². The van der Waals surface area contributed by atoms with Crippen LogP contribution in [-0.4, -0.2) is 16.7 Å². The molecule has 0 aromatic carbocycles. The summed E-state index contributed by atoms with van der Waals surface area (Å²) >= 11 is 5.81. The van der Waals surface area contributed by atoms with Gasteiger partial charge in [-0.15, -0.1) is 0 Å². The summed E-state index contributed by atoms with van der Waals surface area (Å²) in [5, 5.41) is 9.67. The highest BCUT2D eigenvalue weighted by Gasteiger charge is 2.20. The first-order chi connectivity index (χ1) is 6.31. The lowest BCUT2D eigenvalue weighted by Gasteiger charge is -2.22. The van der Waals surface area contributed by atoms with Crippen LogP contribution in [0.1, 0.15) is 30.0 Å². The van der Waals surface area contributed by atoms with Gasteiger partial charge in [-0.2, -0.15) is 0 Å². The predicted molar refractivity (Wildman–Crippen MR) is 52.0 cm³/mol. The summed E-state index contributed by atoms with van der Waals surface area (Å²) in [6, 6.07) is 3.84. The van der Waals surface area contributed by atoms with Gasteiger partial charge in [-0.25, -0.2) is 4.98 Å². The van der Waals surface area contributed by atoms with Crippen molar-refractivity contribution in [2.45, 2.75) is 25.2 Å². The Morgan fingerprint density at radius 2 is 2.38 bits per heavy atom. The Bertz CT molecular complexity index is 314. The second-order valence-corrected chi connectivity index (χ2v) is 3.84. The van der Waals surface area contributed by atoms with E-state index in [-0.39, 0.29) is 12.5 Å². The van der Waals surface area contributed by atoms with Crippen molar-refractivity contribution in [2.75, 3.05) is 6.61 Å². The Morgan fingerprint density at radius 3 is 3.15 bits per heavy atom. The van der Waals surface area contributed by atoms with E-state index < -0.39 is 0 Å². The van der Waals surface area contributed by atoms with Crippen LogP contribution in [0, 0.1) is 0 Å². The molecule has 0 aliphatic heterocycles. The van der Waals surface area contributed by atoms with E-state index in [1.807, 2.05) is 12.1 Å². The van der Waals surface area contributed by atoms with Crippen LogP contribution in [-0.2, 0) is 6.42 Å². The molecule has 0 saturated carbocycles. The summed E-state index contributed by atoms with van der Waals surface area (Å²) in [6.45, 7) is 0.181. The van der Waals surface area contributed by atoms with Crippen molar-refractivity contribution in [3.63, 3.8) is 0 Å². The molecule has 2 nitrogen and oxygen atoms in total. The van der Waals surface area contributed by atoms with Gasteiger partial charge in [0.25, 0.3) is 0 Å². The highest BCUT2D eigenvalue weighted by atomic mass is 35.5. The molecule has 0 amide bonds. The monoisotopic (exact) mass is 197 g/mol. The molecule has 2 rings (SSSR count). The number of aryl methyl sites for hydroxylation is 1. The van der Waals surface area contributed by atoms with Gasteiger partial charge < -0.3 is 5.11 Å². The largest absolute Gasteiger partial charge is 0.396 e. The molecule has 0 fully saturated rings. The van der Waals surface area contributed by atoms with Gasteiger partial charge in [0.15, 0.2) is 0 Å². The minimum absolute atomic E-state index is 0.181. The lowest BCUT2D eigenvalue weighted by atomic mass is 9.87. The van der Waals surface area contributed by atoms with Crippen LogP contribution in [0.2, 0.25) is 5.15 Å². The number of fused-ring (bicyclic) bond motifs is 1. The lowest BCUT2D eigenvalue weighted by Crippen LogP contribution is -2.14. The highest BCUT2D eigenvalue weighted by molar-refractivity contribution is 6.29. The standard InChI is InChI=1S/C10H12ClNO/c11-9-5-4-7-2-1-3-8(6-13)10(7)12-9/h4-5,8,13H,1-3,6H2/t8-/m1/s1. The molecule has 0 saturated heterocycles. The van der Waals surface area contributed by atoms with Crippen molar-refractivity contribution in [3.05, 3.63) is 28.5 Å². The molecule has 1 aliphatic carbocycles. The Labute approximate surface area is 82.6 Å². The first-order valence-electron chi connectivity index (χ1n) is 4.57. The molecule has 0 bridgehead atoms. The molecule has 1 aromatic rings. The zero-order valence-corrected chi connectivity index (χ0v) is 8.09. The summed E-state index contributed by atoms with van der Waals surface area (Å²) in [4.78, 5) is 4.27. The van der Waals surface area contributed by atoms with Crippen molar-refractivity contribution in [1.29, 1.82) is 0 Å². The maximum Gasteiger partial charge on any atom is 0.129 e. The summed E-state index contributed by atoms with van der Waals surface area (Å²) in [6.07, 6.45) is 3.23. The number of rotatable bonds is 1. The fraction of sp³-hybridized carbons (Fsp3) is 0.500. The van der Waals surface area contributed by atoms with E-state index in [0.717, 1.165) is 25.0 Å². The fourth-order valence-corrected chi connectivity index (χ4v) is 2.05. The van der Waals surface area contributed by atoms with E-state index >= 15 is 0 Å². The molecule has 1 heterocycles. The van der Waals surface area contributed by atoms with E-state index in [2.05, 4.69) is 4.98 Å². The van der Waals surface area contributed by atoms with Crippen molar-refractivity contribution >= 4 is 11.6 Å². The second-order valence-electron chi connectivity index (χ2n) is 3.45. The van der Waals surface area contributed by atoms with Gasteiger partial charge in [-0.1, -0.05) is 17.7 Å². The molecule has 0 radical (unpaired) electrons. The van der Waals surface area contributed by atoms with Crippen molar-refractivity contribution in [1.82, 2.24) is 4.98 Å². The van der Waals surface area contributed by atoms with E-state index in [0.29, 0.717) is 5.15 Å². The smallest absolute Gasteiger partial charge is 0.129 e. The summed E-state index contributed by atoms with van der Waals surface area (Å²) in [7, 11) is 0. The van der Waals surface area contributed by atoms with Gasteiger partial charge in [-0.3, -0.25) is 0 Å². The first-order valence-corrected chi connectivity index (χ1v) is 4.95. The molecular weight excluding hydrogens is 186 g/mol. The average Bonchev–Trinajstić information content (AvgIpc) is 2.17. The SMILES string of the molecule is OC[C@H]1CCCc2ccc(Cl)nc21. The van der Waals surface area contributed by atoms with Gasteiger partial charge in [0.2, 0.25) is 0 Å². The van der Waals surface area contributed by atoms with Crippen LogP contribution < -0.4 is 0 Å². The van der Waals surface area contributed by atoms with Gasteiger partial charge in [0.05, 0.1) is 12.3 Å². The van der Waals surface area contributed by atoms with Gasteiger partial charge in [0.1, 0.15) is 5.15 Å². The molecular formula is C10H12ClNO. The van der Waals surface area contributed by atoms with Crippen LogP contribution in [0.5, 0.6) is 0 Å². The minimum Gasteiger partial charge on any atom is -0.396 e. The fourth-order valence-electron chi connectivity index (χ4n) is 1.90. The maximum absolute atomic E-state index is 9.15. The van der Waals surface area contributed by atoms with E-state index in [4.69, 9.17) is 16.7 Å². The number of aliphatic hydroxyl groups excluding tert-OH is 1. The second kappa shape index (κ2) is 3.64. The Kier molecular flexibility index (Phi) is 2.51. The van der Waals surface area contributed by atoms with E-state index in [1.54, 1.807) is 0 Å². The van der Waals surface area contributed by atoms with Crippen molar-refractivity contribution in [2.24, 2.45) is 0 Å². The average molecular weight is 198 g/mol. The topological polar surface area (TPSA) is 33.1 Å². The molecule has 1 aromatic heterocycles. The third kappa shape index (κ3) is 1.69. The molecule has 1 N–H and O–H groups in total. The van der Waals surface area contributed by atoms with Crippen LogP contribution >= 0.6 is 11.6 Å². The van der Waals surface area contributed by atoms with Gasteiger partial charge in [-0.05, 0) is 30.9 Å². The Morgan fingerprint density at radius 1 is 1.54 bits per heavy atom. The zero-order chi connectivity index (χ0) is 9.26. The molecule has 1 aliphatic rings. The number of aromatic nitrogens is 1. The normalized spacial score (nSPS) is 21.2. The summed E-state index contributed by atoms with van der Waals surface area (Å²) in [5.41, 5.74) is 2.25. The summed E-state index contributed by atoms with van der Waals surface area (Å²) < 4.78 is 0. The molecule has 0 spiro atoms. The number of aliphatic hydroxyl groups is 1. The zero-order valence-electron chi connectivity index (χ0n) is 7.33. The highest BCUT2D eigenvalue weighted by Crippen LogP contribution is 2.30. The van der Waals surface area contributed by atoms with E-state index in [9.17, 15) is 0 Å². The third-order valence-electron chi connectivity index (χ3n) is 2.58. The number of nitrogens with zero attached hydrogens (tertiary/aromatic N) is 1. The molecule has 13 heavy (non-hydrogen) atoms. The van der Waals surface area contributed by atoms with E-state index in [1.165, 1.54) is 5.56 Å². The molecule has 1 atom stereocenters. The summed E-state index contributed by atoms with van der Waals surface area (Å²) in [5.74, 6) is 0.197.